The van der Waals surface area contributed by atoms with Gasteiger partial charge >= 0.3 is 6.09 Å². The van der Waals surface area contributed by atoms with Gasteiger partial charge in [0.25, 0.3) is 5.91 Å². The molecule has 0 spiro atoms. The summed E-state index contributed by atoms with van der Waals surface area (Å²) in [5.41, 5.74) is 0.985. The summed E-state index contributed by atoms with van der Waals surface area (Å²) in [4.78, 5) is 25.3. The van der Waals surface area contributed by atoms with Crippen molar-refractivity contribution in [3.8, 4) is 0 Å². The van der Waals surface area contributed by atoms with Crippen LogP contribution in [0.25, 0.3) is 0 Å². The maximum absolute atomic E-state index is 12.2. The van der Waals surface area contributed by atoms with Crippen LogP contribution in [0.15, 0.2) is 11.6 Å². The zero-order valence-corrected chi connectivity index (χ0v) is 13.8. The van der Waals surface area contributed by atoms with E-state index in [4.69, 9.17) is 14.2 Å². The second-order valence-corrected chi connectivity index (χ2v) is 6.02. The lowest BCUT2D eigenvalue weighted by atomic mass is 9.96. The molecule has 1 saturated heterocycles. The van der Waals surface area contributed by atoms with Crippen LogP contribution in [0, 0.1) is 0 Å². The molecule has 1 heterocycles. The molecule has 6 nitrogen and oxygen atoms in total. The Bertz CT molecular complexity index is 437. The maximum atomic E-state index is 12.2. The van der Waals surface area contributed by atoms with Crippen LogP contribution in [0.4, 0.5) is 4.79 Å². The molecule has 0 saturated carbocycles. The quantitative estimate of drug-likeness (QED) is 0.443. The van der Waals surface area contributed by atoms with Crippen LogP contribution in [0.5, 0.6) is 0 Å². The first-order valence-electron chi connectivity index (χ1n) is 7.00. The van der Waals surface area contributed by atoms with E-state index in [2.05, 4.69) is 0 Å². The van der Waals surface area contributed by atoms with Gasteiger partial charge in [0.15, 0.2) is 11.9 Å². The molecule has 0 N–H and O–H groups in total. The Hall–Kier alpha value is -1.40. The Kier molecular flexibility index (Phi) is 5.53. The number of ether oxygens (including phenoxy) is 3. The smallest absolute Gasteiger partial charge is 0.417 e. The van der Waals surface area contributed by atoms with Crippen molar-refractivity contribution in [3.05, 3.63) is 11.6 Å². The number of carbonyl (C=O) groups is 2. The molecule has 0 bridgehead atoms. The number of rotatable bonds is 5. The molecule has 120 valence electrons. The number of hydrogen-bond donors (Lipinski definition) is 0. The molecule has 0 unspecified atom stereocenters. The van der Waals surface area contributed by atoms with Crippen molar-refractivity contribution in [2.24, 2.45) is 0 Å². The number of carbonyl (C=O) groups excluding carboxylic acids is 2. The minimum absolute atomic E-state index is 0.284. The van der Waals surface area contributed by atoms with Gasteiger partial charge in [0, 0.05) is 7.11 Å². The molecule has 6 heteroatoms. The van der Waals surface area contributed by atoms with E-state index in [-0.39, 0.29) is 6.10 Å². The number of allylic oxidation sites excluding steroid dienone is 1. The second kappa shape index (κ2) is 6.58. The number of imide groups is 1. The number of likely N-dealkylation sites (tertiary alicyclic amines) is 1. The van der Waals surface area contributed by atoms with E-state index in [0.29, 0.717) is 0 Å². The van der Waals surface area contributed by atoms with Crippen molar-refractivity contribution in [2.45, 2.75) is 65.6 Å². The van der Waals surface area contributed by atoms with Crippen LogP contribution < -0.4 is 0 Å². The summed E-state index contributed by atoms with van der Waals surface area (Å²) >= 11 is 0. The summed E-state index contributed by atoms with van der Waals surface area (Å²) in [6.45, 7) is 10.7. The highest BCUT2D eigenvalue weighted by Crippen LogP contribution is 2.30. The number of hydrogen-bond acceptors (Lipinski definition) is 5. The van der Waals surface area contributed by atoms with Gasteiger partial charge in [-0.3, -0.25) is 4.79 Å². The van der Waals surface area contributed by atoms with Crippen LogP contribution in [0.1, 0.15) is 41.5 Å². The van der Waals surface area contributed by atoms with Gasteiger partial charge in [0.2, 0.25) is 0 Å². The molecule has 21 heavy (non-hydrogen) atoms. The fraction of sp³-hybridized carbons (Fsp3) is 0.733. The van der Waals surface area contributed by atoms with Crippen molar-refractivity contribution in [2.75, 3.05) is 7.11 Å². The second-order valence-electron chi connectivity index (χ2n) is 6.02. The monoisotopic (exact) mass is 299 g/mol. The van der Waals surface area contributed by atoms with Crippen molar-refractivity contribution in [1.29, 1.82) is 0 Å². The predicted octanol–water partition coefficient (Wildman–Crippen LogP) is 2.48. The molecule has 0 radical (unpaired) electrons. The summed E-state index contributed by atoms with van der Waals surface area (Å²) < 4.78 is 15.9. The first kappa shape index (κ1) is 17.7. The fourth-order valence-corrected chi connectivity index (χ4v) is 1.93. The zero-order valence-electron chi connectivity index (χ0n) is 13.8. The van der Waals surface area contributed by atoms with E-state index in [1.165, 1.54) is 7.11 Å². The molecule has 0 aromatic carbocycles. The number of methoxy groups -OCH3 is 1. The summed E-state index contributed by atoms with van der Waals surface area (Å²) in [5, 5.41) is 0. The van der Waals surface area contributed by atoms with Gasteiger partial charge < -0.3 is 14.2 Å². The molecule has 1 fully saturated rings. The van der Waals surface area contributed by atoms with Gasteiger partial charge in [0.1, 0.15) is 0 Å². The van der Waals surface area contributed by atoms with Crippen LogP contribution in [0.3, 0.4) is 0 Å². The van der Waals surface area contributed by atoms with Crippen molar-refractivity contribution in [1.82, 2.24) is 4.90 Å². The topological polar surface area (TPSA) is 65.1 Å². The van der Waals surface area contributed by atoms with E-state index in [9.17, 15) is 9.59 Å². The Labute approximate surface area is 126 Å². The molecule has 1 rings (SSSR count). The third kappa shape index (κ3) is 4.28. The van der Waals surface area contributed by atoms with Gasteiger partial charge in [-0.2, -0.15) is 0 Å². The number of amides is 2. The summed E-state index contributed by atoms with van der Waals surface area (Å²) in [7, 11) is 1.50. The molecule has 2 atom stereocenters. The Balaban J connectivity index is 2.91. The number of β-lactam (4-membered cyclic amide) rings is 1. The largest absolute Gasteiger partial charge is 0.446 e. The fourth-order valence-electron chi connectivity index (χ4n) is 1.93. The Morgan fingerprint density at radius 3 is 2.33 bits per heavy atom. The van der Waals surface area contributed by atoms with Crippen LogP contribution in [0.2, 0.25) is 0 Å². The third-order valence-electron chi connectivity index (χ3n) is 3.03. The van der Waals surface area contributed by atoms with E-state index in [1.54, 1.807) is 27.7 Å². The Morgan fingerprint density at radius 1 is 1.33 bits per heavy atom. The van der Waals surface area contributed by atoms with Crippen LogP contribution >= 0.6 is 0 Å². The average Bonchev–Trinajstić information content (AvgIpc) is 2.34. The summed E-state index contributed by atoms with van der Waals surface area (Å²) in [5.74, 6) is -1.31. The van der Waals surface area contributed by atoms with Crippen LogP contribution in [-0.4, -0.2) is 48.0 Å². The van der Waals surface area contributed by atoms with Crippen molar-refractivity contribution < 1.29 is 23.8 Å². The summed E-state index contributed by atoms with van der Waals surface area (Å²) in [6.07, 6.45) is 0.148. The molecule has 1 aliphatic heterocycles. The number of nitrogens with zero attached hydrogens (tertiary/aromatic N) is 1. The SMILES string of the molecule is COC(C)(C)O[C@H]1C(=O)N(C(=O)OC(C)C)[C@H]1C=C(C)C. The van der Waals surface area contributed by atoms with Gasteiger partial charge in [-0.05, 0) is 41.5 Å². The highest BCUT2D eigenvalue weighted by Gasteiger charge is 2.53. The van der Waals surface area contributed by atoms with Gasteiger partial charge in [-0.15, -0.1) is 0 Å². The first-order valence-corrected chi connectivity index (χ1v) is 7.00. The zero-order chi connectivity index (χ0) is 16.4. The highest BCUT2D eigenvalue weighted by atomic mass is 16.7. The molecular weight excluding hydrogens is 274 g/mol. The predicted molar refractivity (Wildman–Crippen MR) is 77.6 cm³/mol. The lowest BCUT2D eigenvalue weighted by Crippen LogP contribution is -2.68. The molecule has 0 aliphatic carbocycles. The summed E-state index contributed by atoms with van der Waals surface area (Å²) in [6, 6.07) is -0.469. The highest BCUT2D eigenvalue weighted by molar-refractivity contribution is 6.01. The van der Waals surface area contributed by atoms with Crippen molar-refractivity contribution in [3.63, 3.8) is 0 Å². The van der Waals surface area contributed by atoms with Crippen LogP contribution in [-0.2, 0) is 19.0 Å². The molecule has 0 aromatic rings. The lowest BCUT2D eigenvalue weighted by Gasteiger charge is -2.45. The van der Waals surface area contributed by atoms with E-state index in [0.717, 1.165) is 10.5 Å². The van der Waals surface area contributed by atoms with E-state index < -0.39 is 29.9 Å². The standard InChI is InChI=1S/C15H25NO5/c1-9(2)8-11-12(21-15(5,6)19-7)13(17)16(11)14(18)20-10(3)4/h8,10-12H,1-7H3/t11-,12+/m0/s1. The third-order valence-corrected chi connectivity index (χ3v) is 3.03. The van der Waals surface area contributed by atoms with E-state index in [1.807, 2.05) is 19.9 Å². The minimum atomic E-state index is -0.901. The molecular formula is C15H25NO5. The van der Waals surface area contributed by atoms with Gasteiger partial charge in [-0.1, -0.05) is 11.6 Å². The first-order chi connectivity index (χ1) is 9.59. The minimum Gasteiger partial charge on any atom is -0.446 e. The van der Waals surface area contributed by atoms with Crippen molar-refractivity contribution >= 4 is 12.0 Å². The maximum Gasteiger partial charge on any atom is 0.417 e. The lowest BCUT2D eigenvalue weighted by molar-refractivity contribution is -0.246. The molecule has 0 aromatic heterocycles. The average molecular weight is 299 g/mol. The van der Waals surface area contributed by atoms with Gasteiger partial charge in [0.05, 0.1) is 12.1 Å². The molecule has 1 aliphatic rings. The van der Waals surface area contributed by atoms with Gasteiger partial charge in [-0.25, -0.2) is 9.69 Å². The Morgan fingerprint density at radius 2 is 1.90 bits per heavy atom. The van der Waals surface area contributed by atoms with E-state index >= 15 is 0 Å². The molecule has 2 amide bonds. The normalized spacial score (nSPS) is 22.1.